The van der Waals surface area contributed by atoms with Crippen LogP contribution in [0.4, 0.5) is 0 Å². The number of hydrogen-bond donors (Lipinski definition) is 4. The van der Waals surface area contributed by atoms with Gasteiger partial charge in [-0.3, -0.25) is 4.79 Å². The first-order valence-corrected chi connectivity index (χ1v) is 9.95. The highest BCUT2D eigenvalue weighted by Gasteiger charge is 2.12. The molecule has 0 fully saturated rings. The van der Waals surface area contributed by atoms with Crippen LogP contribution in [0.1, 0.15) is 23.7 Å². The van der Waals surface area contributed by atoms with Gasteiger partial charge in [-0.15, -0.1) is 11.3 Å². The first-order valence-electron chi connectivity index (χ1n) is 9.13. The van der Waals surface area contributed by atoms with Crippen molar-refractivity contribution >= 4 is 33.3 Å². The van der Waals surface area contributed by atoms with Crippen molar-refractivity contribution in [2.75, 3.05) is 19.6 Å². The number of amides is 1. The zero-order chi connectivity index (χ0) is 19.8. The highest BCUT2D eigenvalue weighted by Crippen LogP contribution is 2.29. The van der Waals surface area contributed by atoms with Crippen molar-refractivity contribution in [3.63, 3.8) is 0 Å². The average molecular weight is 401 g/mol. The molecule has 0 bridgehead atoms. The van der Waals surface area contributed by atoms with Gasteiger partial charge in [0.1, 0.15) is 18.4 Å². The lowest BCUT2D eigenvalue weighted by Gasteiger charge is -2.14. The number of aliphatic imine (C=N–C) groups is 1. The Morgan fingerprint density at radius 2 is 2.07 bits per heavy atom. The second kappa shape index (κ2) is 9.91. The zero-order valence-corrected chi connectivity index (χ0v) is 16.5. The Morgan fingerprint density at radius 3 is 2.82 bits per heavy atom. The number of thiophene rings is 1. The molecule has 0 spiro atoms. The number of benzene rings is 1. The van der Waals surface area contributed by atoms with Gasteiger partial charge in [-0.2, -0.15) is 0 Å². The van der Waals surface area contributed by atoms with Gasteiger partial charge < -0.3 is 25.5 Å². The van der Waals surface area contributed by atoms with E-state index in [-0.39, 0.29) is 12.5 Å². The molecule has 148 valence electrons. The first-order chi connectivity index (χ1) is 13.7. The number of rotatable bonds is 8. The molecule has 1 aromatic carbocycles. The maximum Gasteiger partial charge on any atom is 0.242 e. The van der Waals surface area contributed by atoms with Gasteiger partial charge in [-0.25, -0.2) is 4.99 Å². The Labute approximate surface area is 167 Å². The molecule has 8 heteroatoms. The van der Waals surface area contributed by atoms with Crippen molar-refractivity contribution < 1.29 is 14.3 Å². The minimum Gasteiger partial charge on any atom is -0.467 e. The smallest absolute Gasteiger partial charge is 0.242 e. The normalized spacial score (nSPS) is 12.7. The summed E-state index contributed by atoms with van der Waals surface area (Å²) in [4.78, 5) is 17.1. The number of aliphatic hydroxyl groups excluding tert-OH is 1. The highest BCUT2D eigenvalue weighted by molar-refractivity contribution is 7.19. The number of hydrogen-bond acceptors (Lipinski definition) is 5. The molecular formula is C20H24N4O3S. The fraction of sp³-hybridized carbons (Fsp3) is 0.300. The van der Waals surface area contributed by atoms with Gasteiger partial charge in [0.25, 0.3) is 0 Å². The van der Waals surface area contributed by atoms with Crippen molar-refractivity contribution in [1.82, 2.24) is 16.0 Å². The van der Waals surface area contributed by atoms with Crippen LogP contribution < -0.4 is 16.0 Å². The van der Waals surface area contributed by atoms with Crippen molar-refractivity contribution in [3.05, 3.63) is 59.4 Å². The Balaban J connectivity index is 1.51. The summed E-state index contributed by atoms with van der Waals surface area (Å²) in [6.45, 7) is 3.20. The Bertz CT molecular complexity index is 888. The van der Waals surface area contributed by atoms with Crippen LogP contribution in [0.5, 0.6) is 0 Å². The molecule has 0 radical (unpaired) electrons. The van der Waals surface area contributed by atoms with Gasteiger partial charge in [0.15, 0.2) is 5.96 Å². The number of furan rings is 1. The number of nitrogens with zero attached hydrogens (tertiary/aromatic N) is 1. The van der Waals surface area contributed by atoms with Gasteiger partial charge in [0.05, 0.1) is 12.8 Å². The molecule has 0 aliphatic rings. The maximum atomic E-state index is 11.9. The number of fused-ring (bicyclic) bond motifs is 1. The molecule has 1 unspecified atom stereocenters. The SMILES string of the molecule is CCNC(=NCC(=O)NCc1ccco1)NCC(O)c1cc2ccccc2s1. The van der Waals surface area contributed by atoms with Gasteiger partial charge >= 0.3 is 0 Å². The lowest BCUT2D eigenvalue weighted by atomic mass is 10.2. The Hall–Kier alpha value is -2.84. The van der Waals surface area contributed by atoms with Crippen LogP contribution >= 0.6 is 11.3 Å². The topological polar surface area (TPSA) is 98.9 Å². The van der Waals surface area contributed by atoms with Crippen LogP contribution in [-0.2, 0) is 11.3 Å². The molecule has 1 atom stereocenters. The predicted molar refractivity (Wildman–Crippen MR) is 111 cm³/mol. The highest BCUT2D eigenvalue weighted by atomic mass is 32.1. The van der Waals surface area contributed by atoms with Gasteiger partial charge in [-0.1, -0.05) is 18.2 Å². The molecule has 2 heterocycles. The van der Waals surface area contributed by atoms with Crippen LogP contribution in [0, 0.1) is 0 Å². The van der Waals surface area contributed by atoms with Crippen LogP contribution in [0.25, 0.3) is 10.1 Å². The quantitative estimate of drug-likeness (QED) is 0.344. The third-order valence-electron chi connectivity index (χ3n) is 4.00. The van der Waals surface area contributed by atoms with E-state index in [1.807, 2.05) is 37.3 Å². The summed E-state index contributed by atoms with van der Waals surface area (Å²) in [5, 5.41) is 20.5. The van der Waals surface area contributed by atoms with E-state index in [1.54, 1.807) is 29.7 Å². The van der Waals surface area contributed by atoms with E-state index in [0.29, 0.717) is 31.4 Å². The Kier molecular flexibility index (Phi) is 7.05. The summed E-state index contributed by atoms with van der Waals surface area (Å²) in [7, 11) is 0. The number of carbonyl (C=O) groups excluding carboxylic acids is 1. The number of carbonyl (C=O) groups is 1. The summed E-state index contributed by atoms with van der Waals surface area (Å²) in [5.41, 5.74) is 0. The number of aliphatic hydroxyl groups is 1. The Morgan fingerprint density at radius 1 is 1.21 bits per heavy atom. The second-order valence-corrected chi connectivity index (χ2v) is 7.25. The van der Waals surface area contributed by atoms with Gasteiger partial charge in [0, 0.05) is 22.7 Å². The summed E-state index contributed by atoms with van der Waals surface area (Å²) in [6, 6.07) is 13.6. The average Bonchev–Trinajstić information content (AvgIpc) is 3.37. The largest absolute Gasteiger partial charge is 0.467 e. The summed E-state index contributed by atoms with van der Waals surface area (Å²) in [6.07, 6.45) is 0.906. The van der Waals surface area contributed by atoms with E-state index in [0.717, 1.165) is 15.0 Å². The summed E-state index contributed by atoms with van der Waals surface area (Å²) < 4.78 is 6.32. The molecule has 0 saturated carbocycles. The lowest BCUT2D eigenvalue weighted by Crippen LogP contribution is -2.40. The van der Waals surface area contributed by atoms with E-state index < -0.39 is 6.10 Å². The molecule has 28 heavy (non-hydrogen) atoms. The minimum absolute atomic E-state index is 0.0188. The molecule has 2 aromatic heterocycles. The second-order valence-electron chi connectivity index (χ2n) is 6.13. The van der Waals surface area contributed by atoms with E-state index >= 15 is 0 Å². The molecule has 3 aromatic rings. The van der Waals surface area contributed by atoms with Crippen molar-refractivity contribution in [3.8, 4) is 0 Å². The van der Waals surface area contributed by atoms with Crippen LogP contribution in [0.15, 0.2) is 58.1 Å². The molecular weight excluding hydrogens is 376 g/mol. The summed E-state index contributed by atoms with van der Waals surface area (Å²) in [5.74, 6) is 0.961. The maximum absolute atomic E-state index is 11.9. The third-order valence-corrected chi connectivity index (χ3v) is 5.22. The fourth-order valence-corrected chi connectivity index (χ4v) is 3.66. The van der Waals surface area contributed by atoms with E-state index in [2.05, 4.69) is 20.9 Å². The number of guanidine groups is 1. The summed E-state index contributed by atoms with van der Waals surface area (Å²) >= 11 is 1.57. The fourth-order valence-electron chi connectivity index (χ4n) is 2.61. The third kappa shape index (κ3) is 5.58. The van der Waals surface area contributed by atoms with E-state index in [1.165, 1.54) is 0 Å². The molecule has 0 aliphatic carbocycles. The predicted octanol–water partition coefficient (Wildman–Crippen LogP) is 2.40. The van der Waals surface area contributed by atoms with Crippen LogP contribution in [0.2, 0.25) is 0 Å². The van der Waals surface area contributed by atoms with Crippen molar-refractivity contribution in [1.29, 1.82) is 0 Å². The lowest BCUT2D eigenvalue weighted by molar-refractivity contribution is -0.119. The zero-order valence-electron chi connectivity index (χ0n) is 15.6. The monoisotopic (exact) mass is 400 g/mol. The van der Waals surface area contributed by atoms with E-state index in [9.17, 15) is 9.90 Å². The molecule has 1 amide bonds. The number of nitrogens with one attached hydrogen (secondary N) is 3. The van der Waals surface area contributed by atoms with Crippen molar-refractivity contribution in [2.24, 2.45) is 4.99 Å². The molecule has 0 saturated heterocycles. The van der Waals surface area contributed by atoms with Crippen molar-refractivity contribution in [2.45, 2.75) is 19.6 Å². The van der Waals surface area contributed by atoms with Gasteiger partial charge in [0.2, 0.25) is 5.91 Å². The molecule has 4 N–H and O–H groups in total. The molecule has 0 aliphatic heterocycles. The molecule has 7 nitrogen and oxygen atoms in total. The first kappa shape index (κ1) is 19.9. The molecule has 3 rings (SSSR count). The minimum atomic E-state index is -0.658. The van der Waals surface area contributed by atoms with Gasteiger partial charge in [-0.05, 0) is 36.6 Å². The van der Waals surface area contributed by atoms with Crippen LogP contribution in [-0.4, -0.2) is 36.6 Å². The van der Waals surface area contributed by atoms with E-state index in [4.69, 9.17) is 4.42 Å². The van der Waals surface area contributed by atoms with Crippen LogP contribution in [0.3, 0.4) is 0 Å². The standard InChI is InChI=1S/C20H24N4O3S/c1-2-21-20(24-13-19(26)22-11-15-7-5-9-27-15)23-12-16(25)18-10-14-6-3-4-8-17(14)28-18/h3-10,16,25H,2,11-13H2,1H3,(H,22,26)(H2,21,23,24).